The van der Waals surface area contributed by atoms with Crippen LogP contribution in [0.1, 0.15) is 50.7 Å². The molecule has 0 unspecified atom stereocenters. The summed E-state index contributed by atoms with van der Waals surface area (Å²) in [5.41, 5.74) is 27.1. The van der Waals surface area contributed by atoms with Crippen LogP contribution in [0.2, 0.25) is 0 Å². The lowest BCUT2D eigenvalue weighted by atomic mass is 9.82. The van der Waals surface area contributed by atoms with Crippen LogP contribution in [-0.2, 0) is 0 Å². The van der Waals surface area contributed by atoms with Gasteiger partial charge in [-0.2, -0.15) is 10.2 Å². The van der Waals surface area contributed by atoms with Gasteiger partial charge in [0.2, 0.25) is 11.9 Å². The summed E-state index contributed by atoms with van der Waals surface area (Å²) in [6.45, 7) is 5.70. The average molecular weight is 491 g/mol. The molecule has 2 aromatic rings. The molecule has 1 aliphatic carbocycles. The molecule has 1 aliphatic rings. The predicted molar refractivity (Wildman–Crippen MR) is 151 cm³/mol. The summed E-state index contributed by atoms with van der Waals surface area (Å²) in [6.07, 6.45) is 4.87. The molecule has 0 atom stereocenters. The van der Waals surface area contributed by atoms with Crippen molar-refractivity contribution in [3.8, 4) is 0 Å². The maximum atomic E-state index is 5.36. The van der Waals surface area contributed by atoms with E-state index in [9.17, 15) is 0 Å². The number of hydrogen-bond acceptors (Lipinski definition) is 6. The summed E-state index contributed by atoms with van der Waals surface area (Å²) in [5, 5.41) is 22.8. The molecule has 1 saturated carbocycles. The number of anilines is 2. The molecule has 0 spiro atoms. The molecule has 1 fully saturated rings. The quantitative estimate of drug-likeness (QED) is 0.169. The van der Waals surface area contributed by atoms with Crippen molar-refractivity contribution < 1.29 is 0 Å². The zero-order chi connectivity index (χ0) is 25.9. The molecule has 3 rings (SSSR count). The van der Waals surface area contributed by atoms with E-state index in [-0.39, 0.29) is 11.9 Å². The first-order valence-electron chi connectivity index (χ1n) is 12.2. The van der Waals surface area contributed by atoms with Crippen LogP contribution in [0.25, 0.3) is 0 Å². The van der Waals surface area contributed by atoms with Gasteiger partial charge in [0.25, 0.3) is 0 Å². The number of rotatable bonds is 10. The van der Waals surface area contributed by atoms with E-state index in [4.69, 9.17) is 22.9 Å². The Labute approximate surface area is 213 Å². The molecule has 10 nitrogen and oxygen atoms in total. The van der Waals surface area contributed by atoms with E-state index in [1.165, 1.54) is 25.7 Å². The van der Waals surface area contributed by atoms with E-state index in [2.05, 4.69) is 55.3 Å². The smallest absolute Gasteiger partial charge is 0.211 e. The summed E-state index contributed by atoms with van der Waals surface area (Å²) in [4.78, 5) is 0. The first kappa shape index (κ1) is 26.5. The molecule has 0 radical (unpaired) electrons. The third kappa shape index (κ3) is 8.61. The minimum atomic E-state index is -0.0491. The summed E-state index contributed by atoms with van der Waals surface area (Å²) < 4.78 is 0. The second-order valence-electron chi connectivity index (χ2n) is 9.23. The normalized spacial score (nSPS) is 18.3. The zero-order valence-electron chi connectivity index (χ0n) is 21.1. The number of nitrogens with zero attached hydrogens (tertiary/aromatic N) is 4. The highest BCUT2D eigenvalue weighted by molar-refractivity contribution is 6.00. The lowest BCUT2D eigenvalue weighted by Gasteiger charge is -2.29. The highest BCUT2D eigenvalue weighted by Gasteiger charge is 2.21. The third-order valence-corrected chi connectivity index (χ3v) is 6.35. The van der Waals surface area contributed by atoms with E-state index in [1.54, 1.807) is 0 Å². The van der Waals surface area contributed by atoms with Crippen molar-refractivity contribution in [2.75, 3.05) is 23.7 Å². The van der Waals surface area contributed by atoms with Crippen molar-refractivity contribution in [1.29, 1.82) is 0 Å². The van der Waals surface area contributed by atoms with Crippen LogP contribution in [0, 0.1) is 11.8 Å². The van der Waals surface area contributed by atoms with Crippen LogP contribution in [0.4, 0.5) is 11.4 Å². The number of nitrogens with one attached hydrogen (secondary N) is 2. The first-order chi connectivity index (χ1) is 17.3. The summed E-state index contributed by atoms with van der Waals surface area (Å²) in [6, 6.07) is 16.3. The molecule has 2 aromatic carbocycles. The molecule has 36 heavy (non-hydrogen) atoms. The predicted octanol–water partition coefficient (Wildman–Crippen LogP) is 3.01. The Morgan fingerprint density at radius 3 is 1.42 bits per heavy atom. The van der Waals surface area contributed by atoms with Crippen LogP contribution in [0.5, 0.6) is 0 Å². The van der Waals surface area contributed by atoms with Crippen LogP contribution >= 0.6 is 0 Å². The van der Waals surface area contributed by atoms with Crippen LogP contribution in [0.3, 0.4) is 0 Å². The number of guanidine groups is 2. The van der Waals surface area contributed by atoms with E-state index in [0.717, 1.165) is 47.0 Å². The molecule has 0 aromatic heterocycles. The number of benzene rings is 2. The van der Waals surface area contributed by atoms with Gasteiger partial charge in [0, 0.05) is 24.5 Å². The van der Waals surface area contributed by atoms with Gasteiger partial charge in [-0.3, -0.25) is 0 Å². The second kappa shape index (κ2) is 13.1. The SMILES string of the molecule is CC(=NN=C(N)N)c1cccc(NCC2CCC(CNc3cccc(/C(C)=N\N=C(N)N)c3)CC2)c1. The fraction of sp³-hybridized carbons (Fsp3) is 0.385. The summed E-state index contributed by atoms with van der Waals surface area (Å²) >= 11 is 0. The molecule has 0 heterocycles. The monoisotopic (exact) mass is 490 g/mol. The van der Waals surface area contributed by atoms with Crippen molar-refractivity contribution in [2.45, 2.75) is 39.5 Å². The fourth-order valence-corrected chi connectivity index (χ4v) is 4.25. The van der Waals surface area contributed by atoms with E-state index in [1.807, 2.05) is 38.1 Å². The second-order valence-corrected chi connectivity index (χ2v) is 9.23. The first-order valence-corrected chi connectivity index (χ1v) is 12.2. The molecule has 10 heteroatoms. The molecule has 0 bridgehead atoms. The molecular formula is C26H38N10. The molecule has 0 amide bonds. The van der Waals surface area contributed by atoms with Crippen molar-refractivity contribution in [3.63, 3.8) is 0 Å². The summed E-state index contributed by atoms with van der Waals surface area (Å²) in [5.74, 6) is 1.23. The van der Waals surface area contributed by atoms with E-state index < -0.39 is 0 Å². The largest absolute Gasteiger partial charge is 0.385 e. The van der Waals surface area contributed by atoms with Gasteiger partial charge in [0.05, 0.1) is 11.4 Å². The van der Waals surface area contributed by atoms with Gasteiger partial charge in [0.1, 0.15) is 0 Å². The van der Waals surface area contributed by atoms with Gasteiger partial charge in [-0.25, -0.2) is 0 Å². The van der Waals surface area contributed by atoms with Gasteiger partial charge in [0.15, 0.2) is 0 Å². The average Bonchev–Trinajstić information content (AvgIpc) is 2.88. The van der Waals surface area contributed by atoms with Gasteiger partial charge in [-0.05, 0) is 86.8 Å². The Kier molecular flexibility index (Phi) is 9.67. The Bertz CT molecular complexity index is 1030. The Hall–Kier alpha value is -4.08. The Morgan fingerprint density at radius 1 is 0.667 bits per heavy atom. The maximum Gasteiger partial charge on any atom is 0.211 e. The van der Waals surface area contributed by atoms with Gasteiger partial charge < -0.3 is 33.6 Å². The summed E-state index contributed by atoms with van der Waals surface area (Å²) in [7, 11) is 0. The Morgan fingerprint density at radius 2 is 1.06 bits per heavy atom. The minimum Gasteiger partial charge on any atom is -0.385 e. The molecule has 10 N–H and O–H groups in total. The molecule has 0 saturated heterocycles. The highest BCUT2D eigenvalue weighted by atomic mass is 15.3. The highest BCUT2D eigenvalue weighted by Crippen LogP contribution is 2.29. The number of nitrogens with two attached hydrogens (primary N) is 4. The van der Waals surface area contributed by atoms with Gasteiger partial charge in [-0.1, -0.05) is 24.3 Å². The number of hydrogen-bond donors (Lipinski definition) is 6. The van der Waals surface area contributed by atoms with E-state index in [0.29, 0.717) is 11.8 Å². The van der Waals surface area contributed by atoms with Crippen LogP contribution in [0.15, 0.2) is 68.9 Å². The molecule has 192 valence electrons. The topological polar surface area (TPSA) is 178 Å². The van der Waals surface area contributed by atoms with Gasteiger partial charge in [-0.15, -0.1) is 10.2 Å². The fourth-order valence-electron chi connectivity index (χ4n) is 4.25. The van der Waals surface area contributed by atoms with Gasteiger partial charge >= 0.3 is 0 Å². The standard InChI is InChI=1S/C26H38N10/c1-17(33-35-25(27)28)21-5-3-7-23(13-21)31-15-19-9-11-20(12-10-19)16-32-24-8-4-6-22(14-24)18(2)34-36-26(29)30/h3-8,13-14,19-20,31-32H,9-12,15-16H2,1-2H3,(H4,27,28,35)(H4,29,30,36)/b33-17-,34-18?. The van der Waals surface area contributed by atoms with Crippen molar-refractivity contribution in [2.24, 2.45) is 55.2 Å². The lowest BCUT2D eigenvalue weighted by Crippen LogP contribution is -2.25. The maximum absolute atomic E-state index is 5.36. The molecular weight excluding hydrogens is 452 g/mol. The lowest BCUT2D eigenvalue weighted by molar-refractivity contribution is 0.293. The zero-order valence-corrected chi connectivity index (χ0v) is 21.1. The van der Waals surface area contributed by atoms with Crippen molar-refractivity contribution >= 4 is 34.7 Å². The minimum absolute atomic E-state index is 0.0491. The molecule has 0 aliphatic heterocycles. The third-order valence-electron chi connectivity index (χ3n) is 6.35. The van der Waals surface area contributed by atoms with Crippen molar-refractivity contribution in [1.82, 2.24) is 0 Å². The van der Waals surface area contributed by atoms with Crippen molar-refractivity contribution in [3.05, 3.63) is 59.7 Å². The van der Waals surface area contributed by atoms with Crippen LogP contribution < -0.4 is 33.6 Å². The van der Waals surface area contributed by atoms with Crippen LogP contribution in [-0.4, -0.2) is 36.4 Å². The Balaban J connectivity index is 1.44. The van der Waals surface area contributed by atoms with E-state index >= 15 is 0 Å².